The average Bonchev–Trinajstić information content (AvgIpc) is 2.43. The molecule has 0 spiro atoms. The minimum absolute atomic E-state index is 0.00926. The van der Waals surface area contributed by atoms with Crippen LogP contribution in [0.3, 0.4) is 0 Å². The molecule has 0 saturated carbocycles. The largest absolute Gasteiger partial charge is 0.297 e. The predicted molar refractivity (Wildman–Crippen MR) is 49.9 cm³/mol. The maximum Gasteiger partial charge on any atom is 0.277 e. The highest BCUT2D eigenvalue weighted by atomic mass is 16.1. The third-order valence-electron chi connectivity index (χ3n) is 2.31. The van der Waals surface area contributed by atoms with Gasteiger partial charge in [0.25, 0.3) is 5.56 Å². The number of aryl methyl sites for hydroxylation is 2. The lowest BCUT2D eigenvalue weighted by Gasteiger charge is -2.03. The van der Waals surface area contributed by atoms with Crippen molar-refractivity contribution in [2.45, 2.75) is 13.8 Å². The number of hydrogen-bond donors (Lipinski definition) is 0. The molecule has 13 heavy (non-hydrogen) atoms. The third-order valence-corrected chi connectivity index (χ3v) is 2.31. The second-order valence-electron chi connectivity index (χ2n) is 3.20. The average molecular weight is 177 g/mol. The topological polar surface area (TPSA) is 39.3 Å². The van der Waals surface area contributed by atoms with Crippen molar-refractivity contribution in [3.05, 3.63) is 34.0 Å². The highest BCUT2D eigenvalue weighted by molar-refractivity contribution is 5.52. The fourth-order valence-corrected chi connectivity index (χ4v) is 1.40. The normalized spacial score (nSPS) is 11.0. The van der Waals surface area contributed by atoms with Gasteiger partial charge in [0.15, 0.2) is 0 Å². The zero-order valence-electron chi connectivity index (χ0n) is 7.90. The summed E-state index contributed by atoms with van der Waals surface area (Å²) < 4.78 is 3.19. The minimum atomic E-state index is 0.00926. The van der Waals surface area contributed by atoms with Crippen LogP contribution in [0.5, 0.6) is 0 Å². The maximum atomic E-state index is 11.7. The molecular formula is C9H11N3O. The molecule has 0 aliphatic rings. The zero-order chi connectivity index (χ0) is 9.59. The molecule has 0 aliphatic heterocycles. The minimum Gasteiger partial charge on any atom is -0.297 e. The van der Waals surface area contributed by atoms with Crippen molar-refractivity contribution in [3.63, 3.8) is 0 Å². The van der Waals surface area contributed by atoms with Gasteiger partial charge in [0.05, 0.1) is 0 Å². The molecule has 0 bridgehead atoms. The molecule has 2 heterocycles. The summed E-state index contributed by atoms with van der Waals surface area (Å²) in [6.07, 6.45) is 1.80. The van der Waals surface area contributed by atoms with E-state index in [1.807, 2.05) is 19.9 Å². The molecule has 0 unspecified atom stereocenters. The molecule has 0 amide bonds. The van der Waals surface area contributed by atoms with Crippen molar-refractivity contribution in [2.75, 3.05) is 0 Å². The second kappa shape index (κ2) is 2.45. The van der Waals surface area contributed by atoms with Crippen molar-refractivity contribution in [2.24, 2.45) is 7.05 Å². The summed E-state index contributed by atoms with van der Waals surface area (Å²) in [5, 5.41) is 4.24. The van der Waals surface area contributed by atoms with Gasteiger partial charge < -0.3 is 0 Å². The summed E-state index contributed by atoms with van der Waals surface area (Å²) in [5.41, 5.74) is 1.64. The van der Waals surface area contributed by atoms with Crippen LogP contribution in [0, 0.1) is 13.8 Å². The molecule has 0 atom stereocenters. The number of rotatable bonds is 0. The van der Waals surface area contributed by atoms with Gasteiger partial charge in [-0.1, -0.05) is 0 Å². The van der Waals surface area contributed by atoms with Crippen molar-refractivity contribution in [3.8, 4) is 0 Å². The molecule has 0 saturated heterocycles. The Balaban J connectivity index is 3.06. The standard InChI is InChI=1S/C9H11N3O/c1-6-4-5-12-8(6)9(13)11(3)7(2)10-12/h4-5H,1-3H3. The molecule has 2 rings (SSSR count). The number of aromatic nitrogens is 3. The Kier molecular flexibility index (Phi) is 1.52. The van der Waals surface area contributed by atoms with Gasteiger partial charge in [0.2, 0.25) is 0 Å². The van der Waals surface area contributed by atoms with E-state index in [4.69, 9.17) is 0 Å². The third kappa shape index (κ3) is 0.983. The monoisotopic (exact) mass is 177 g/mol. The van der Waals surface area contributed by atoms with Gasteiger partial charge in [-0.2, -0.15) is 5.10 Å². The van der Waals surface area contributed by atoms with Crippen molar-refractivity contribution < 1.29 is 0 Å². The molecule has 0 fully saturated rings. The highest BCUT2D eigenvalue weighted by Gasteiger charge is 2.06. The lowest BCUT2D eigenvalue weighted by molar-refractivity contribution is 0.718. The van der Waals surface area contributed by atoms with Gasteiger partial charge in [-0.15, -0.1) is 0 Å². The molecule has 2 aromatic rings. The van der Waals surface area contributed by atoms with Crippen LogP contribution in [0.1, 0.15) is 11.4 Å². The smallest absolute Gasteiger partial charge is 0.277 e. The number of hydrogen-bond acceptors (Lipinski definition) is 2. The van der Waals surface area contributed by atoms with E-state index < -0.39 is 0 Å². The van der Waals surface area contributed by atoms with Crippen LogP contribution < -0.4 is 5.56 Å². The Hall–Kier alpha value is -1.58. The van der Waals surface area contributed by atoms with Crippen LogP contribution in [0.25, 0.3) is 5.52 Å². The van der Waals surface area contributed by atoms with Crippen LogP contribution >= 0.6 is 0 Å². The van der Waals surface area contributed by atoms with Crippen LogP contribution in [0.2, 0.25) is 0 Å². The highest BCUT2D eigenvalue weighted by Crippen LogP contribution is 2.04. The predicted octanol–water partition coefficient (Wildman–Crippen LogP) is 0.650. The van der Waals surface area contributed by atoms with Gasteiger partial charge >= 0.3 is 0 Å². The van der Waals surface area contributed by atoms with E-state index in [1.165, 1.54) is 0 Å². The Labute approximate surface area is 75.4 Å². The fraction of sp³-hybridized carbons (Fsp3) is 0.333. The Bertz CT molecular complexity index is 521. The Morgan fingerprint density at radius 3 is 2.77 bits per heavy atom. The van der Waals surface area contributed by atoms with E-state index in [9.17, 15) is 4.79 Å². The number of fused-ring (bicyclic) bond motifs is 1. The first-order chi connectivity index (χ1) is 6.11. The Morgan fingerprint density at radius 2 is 2.08 bits per heavy atom. The van der Waals surface area contributed by atoms with Crippen LogP contribution in [-0.4, -0.2) is 14.2 Å². The second-order valence-corrected chi connectivity index (χ2v) is 3.20. The Morgan fingerprint density at radius 1 is 1.38 bits per heavy atom. The maximum absolute atomic E-state index is 11.7. The van der Waals surface area contributed by atoms with Crippen molar-refractivity contribution >= 4 is 5.52 Å². The summed E-state index contributed by atoms with van der Waals surface area (Å²) in [5.74, 6) is 0.716. The molecular weight excluding hydrogens is 166 g/mol. The molecule has 4 heteroatoms. The van der Waals surface area contributed by atoms with Crippen LogP contribution in [0.4, 0.5) is 0 Å². The first-order valence-electron chi connectivity index (χ1n) is 4.13. The molecule has 0 radical (unpaired) electrons. The van der Waals surface area contributed by atoms with E-state index in [0.717, 1.165) is 5.56 Å². The molecule has 0 aliphatic carbocycles. The summed E-state index contributed by atoms with van der Waals surface area (Å²) >= 11 is 0. The SMILES string of the molecule is Cc1ccn2nc(C)n(C)c(=O)c12. The van der Waals surface area contributed by atoms with Gasteiger partial charge in [-0.05, 0) is 25.5 Å². The van der Waals surface area contributed by atoms with E-state index >= 15 is 0 Å². The first kappa shape index (κ1) is 8.04. The molecule has 68 valence electrons. The van der Waals surface area contributed by atoms with E-state index in [0.29, 0.717) is 11.3 Å². The summed E-state index contributed by atoms with van der Waals surface area (Å²) in [4.78, 5) is 11.7. The van der Waals surface area contributed by atoms with E-state index in [-0.39, 0.29) is 5.56 Å². The molecule has 2 aromatic heterocycles. The summed E-state index contributed by atoms with van der Waals surface area (Å²) in [7, 11) is 1.73. The summed E-state index contributed by atoms with van der Waals surface area (Å²) in [6, 6.07) is 1.89. The van der Waals surface area contributed by atoms with Gasteiger partial charge in [0, 0.05) is 13.2 Å². The van der Waals surface area contributed by atoms with Crippen molar-refractivity contribution in [1.82, 2.24) is 14.2 Å². The van der Waals surface area contributed by atoms with Gasteiger partial charge in [0.1, 0.15) is 11.3 Å². The molecule has 0 N–H and O–H groups in total. The first-order valence-corrected chi connectivity index (χ1v) is 4.13. The quantitative estimate of drug-likeness (QED) is 0.592. The van der Waals surface area contributed by atoms with Gasteiger partial charge in [-0.3, -0.25) is 9.36 Å². The zero-order valence-corrected chi connectivity index (χ0v) is 7.90. The molecule has 0 aromatic carbocycles. The summed E-state index contributed by atoms with van der Waals surface area (Å²) in [6.45, 7) is 3.73. The fourth-order valence-electron chi connectivity index (χ4n) is 1.40. The van der Waals surface area contributed by atoms with E-state index in [2.05, 4.69) is 5.10 Å². The molecule has 4 nitrogen and oxygen atoms in total. The number of nitrogens with zero attached hydrogens (tertiary/aromatic N) is 3. The van der Waals surface area contributed by atoms with Crippen molar-refractivity contribution in [1.29, 1.82) is 0 Å². The van der Waals surface area contributed by atoms with Crippen LogP contribution in [-0.2, 0) is 7.05 Å². The van der Waals surface area contributed by atoms with Gasteiger partial charge in [-0.25, -0.2) is 4.52 Å². The van der Waals surface area contributed by atoms with Crippen LogP contribution in [0.15, 0.2) is 17.1 Å². The lowest BCUT2D eigenvalue weighted by atomic mass is 10.3. The van der Waals surface area contributed by atoms with E-state index in [1.54, 1.807) is 22.3 Å². The lowest BCUT2D eigenvalue weighted by Crippen LogP contribution is -2.23.